The van der Waals surface area contributed by atoms with Crippen LogP contribution in [0.4, 0.5) is 0 Å². The molecule has 8 nitrogen and oxygen atoms in total. The number of imidazole rings is 1. The predicted octanol–water partition coefficient (Wildman–Crippen LogP) is 2.94. The minimum Gasteiger partial charge on any atom is -0.477 e. The van der Waals surface area contributed by atoms with Crippen LogP contribution in [0.3, 0.4) is 0 Å². The third-order valence-electron chi connectivity index (χ3n) is 4.75. The van der Waals surface area contributed by atoms with Crippen molar-refractivity contribution >= 4 is 17.1 Å². The Labute approximate surface area is 161 Å². The lowest BCUT2D eigenvalue weighted by molar-refractivity contribution is 0.0690. The number of aryl methyl sites for hydroxylation is 1. The van der Waals surface area contributed by atoms with Gasteiger partial charge < -0.3 is 5.11 Å². The predicted molar refractivity (Wildman–Crippen MR) is 103 cm³/mol. The molecular formula is C20H18N6O2. The topological polar surface area (TPSA) is 107 Å². The molecule has 4 aromatic rings. The van der Waals surface area contributed by atoms with Gasteiger partial charge in [-0.1, -0.05) is 12.1 Å². The van der Waals surface area contributed by atoms with E-state index in [1.165, 1.54) is 12.4 Å². The molecule has 0 fully saturated rings. The first-order valence-electron chi connectivity index (χ1n) is 8.71. The van der Waals surface area contributed by atoms with Crippen LogP contribution < -0.4 is 0 Å². The first kappa shape index (κ1) is 17.7. The highest BCUT2D eigenvalue weighted by Gasteiger charge is 2.27. The number of hydrogen-bond donors (Lipinski definition) is 1. The van der Waals surface area contributed by atoms with Crippen molar-refractivity contribution in [3.05, 3.63) is 71.8 Å². The van der Waals surface area contributed by atoms with Crippen LogP contribution in [-0.2, 0) is 5.41 Å². The van der Waals surface area contributed by atoms with Gasteiger partial charge in [-0.05, 0) is 45.0 Å². The zero-order valence-electron chi connectivity index (χ0n) is 15.7. The first-order valence-corrected chi connectivity index (χ1v) is 8.71. The van der Waals surface area contributed by atoms with Gasteiger partial charge >= 0.3 is 5.97 Å². The van der Waals surface area contributed by atoms with Crippen molar-refractivity contribution in [2.45, 2.75) is 26.2 Å². The van der Waals surface area contributed by atoms with Gasteiger partial charge in [0.1, 0.15) is 29.7 Å². The van der Waals surface area contributed by atoms with Crippen molar-refractivity contribution < 1.29 is 9.90 Å². The molecule has 0 aliphatic heterocycles. The zero-order valence-corrected chi connectivity index (χ0v) is 15.7. The molecule has 0 aromatic carbocycles. The summed E-state index contributed by atoms with van der Waals surface area (Å²) in [5, 5.41) is 9.24. The maximum absolute atomic E-state index is 11.3. The van der Waals surface area contributed by atoms with Gasteiger partial charge in [0.2, 0.25) is 0 Å². The van der Waals surface area contributed by atoms with E-state index < -0.39 is 11.4 Å². The fourth-order valence-corrected chi connectivity index (χ4v) is 3.06. The number of hydrogen-bond acceptors (Lipinski definition) is 6. The molecule has 28 heavy (non-hydrogen) atoms. The lowest BCUT2D eigenvalue weighted by Crippen LogP contribution is -2.23. The normalized spacial score (nSPS) is 11.7. The lowest BCUT2D eigenvalue weighted by atomic mass is 9.84. The third kappa shape index (κ3) is 2.88. The molecule has 0 bridgehead atoms. The molecule has 0 unspecified atom stereocenters. The lowest BCUT2D eigenvalue weighted by Gasteiger charge is -2.24. The standard InChI is InChI=1S/C20H18N6O2/c1-12-17-18(22-10-21-12)26(11-23-17)16-9-5-8-15(25-16)20(2,3)14-7-4-6-13(24-14)19(27)28/h4-11H,1-3H3,(H,27,28). The summed E-state index contributed by atoms with van der Waals surface area (Å²) < 4.78 is 1.81. The molecule has 4 aromatic heterocycles. The van der Waals surface area contributed by atoms with Gasteiger partial charge in [-0.2, -0.15) is 0 Å². The van der Waals surface area contributed by atoms with E-state index in [1.54, 1.807) is 12.4 Å². The first-order chi connectivity index (χ1) is 13.4. The number of pyridine rings is 2. The van der Waals surface area contributed by atoms with Crippen molar-refractivity contribution in [2.75, 3.05) is 0 Å². The van der Waals surface area contributed by atoms with E-state index in [1.807, 2.05) is 49.6 Å². The van der Waals surface area contributed by atoms with Gasteiger partial charge in [-0.3, -0.25) is 4.57 Å². The molecule has 8 heteroatoms. The van der Waals surface area contributed by atoms with E-state index >= 15 is 0 Å². The van der Waals surface area contributed by atoms with Crippen molar-refractivity contribution in [2.24, 2.45) is 0 Å². The highest BCUT2D eigenvalue weighted by atomic mass is 16.4. The average Bonchev–Trinajstić information content (AvgIpc) is 3.14. The summed E-state index contributed by atoms with van der Waals surface area (Å²) in [5.41, 5.74) is 3.01. The molecule has 0 spiro atoms. The Morgan fingerprint density at radius 3 is 2.46 bits per heavy atom. The van der Waals surface area contributed by atoms with E-state index in [4.69, 9.17) is 4.98 Å². The van der Waals surface area contributed by atoms with E-state index in [0.717, 1.165) is 16.9 Å². The van der Waals surface area contributed by atoms with Gasteiger partial charge in [0.15, 0.2) is 5.65 Å². The fourth-order valence-electron chi connectivity index (χ4n) is 3.06. The summed E-state index contributed by atoms with van der Waals surface area (Å²) in [5.74, 6) is -0.389. The zero-order chi connectivity index (χ0) is 19.9. The molecular weight excluding hydrogens is 356 g/mol. The SMILES string of the molecule is Cc1ncnc2c1ncn2-c1cccc(C(C)(C)c2cccc(C(=O)O)n2)n1. The molecule has 140 valence electrons. The van der Waals surface area contributed by atoms with Crippen LogP contribution in [-0.4, -0.2) is 40.6 Å². The summed E-state index contributed by atoms with van der Waals surface area (Å²) in [6, 6.07) is 10.7. The number of fused-ring (bicyclic) bond motifs is 1. The van der Waals surface area contributed by atoms with Gasteiger partial charge in [-0.15, -0.1) is 0 Å². The molecule has 0 saturated heterocycles. The van der Waals surface area contributed by atoms with Gasteiger partial charge in [0, 0.05) is 5.41 Å². The smallest absolute Gasteiger partial charge is 0.354 e. The summed E-state index contributed by atoms with van der Waals surface area (Å²) in [4.78, 5) is 33.3. The van der Waals surface area contributed by atoms with E-state index in [9.17, 15) is 9.90 Å². The molecule has 0 saturated carbocycles. The second-order valence-corrected chi connectivity index (χ2v) is 6.97. The summed E-state index contributed by atoms with van der Waals surface area (Å²) in [6.45, 7) is 5.81. The molecule has 0 atom stereocenters. The van der Waals surface area contributed by atoms with Gasteiger partial charge in [-0.25, -0.2) is 29.7 Å². The maximum Gasteiger partial charge on any atom is 0.354 e. The Bertz CT molecular complexity index is 1200. The van der Waals surface area contributed by atoms with Crippen molar-refractivity contribution in [1.29, 1.82) is 0 Å². The van der Waals surface area contributed by atoms with Crippen LogP contribution in [0.15, 0.2) is 49.1 Å². The average molecular weight is 374 g/mol. The van der Waals surface area contributed by atoms with Crippen LogP contribution in [0.5, 0.6) is 0 Å². The summed E-state index contributed by atoms with van der Waals surface area (Å²) in [7, 11) is 0. The Hall–Kier alpha value is -3.68. The van der Waals surface area contributed by atoms with E-state index in [2.05, 4.69) is 19.9 Å². The molecule has 4 heterocycles. The Morgan fingerprint density at radius 2 is 1.71 bits per heavy atom. The van der Waals surface area contributed by atoms with Gasteiger partial charge in [0.05, 0.1) is 17.1 Å². The number of aromatic nitrogens is 6. The molecule has 0 radical (unpaired) electrons. The number of rotatable bonds is 4. The molecule has 4 rings (SSSR count). The van der Waals surface area contributed by atoms with Crippen molar-refractivity contribution in [3.8, 4) is 5.82 Å². The molecule has 0 aliphatic carbocycles. The monoisotopic (exact) mass is 374 g/mol. The number of carbonyl (C=O) groups is 1. The molecule has 1 N–H and O–H groups in total. The van der Waals surface area contributed by atoms with Crippen LogP contribution in [0.1, 0.15) is 41.4 Å². The Balaban J connectivity index is 1.81. The number of nitrogens with zero attached hydrogens (tertiary/aromatic N) is 6. The highest BCUT2D eigenvalue weighted by Crippen LogP contribution is 2.29. The van der Waals surface area contributed by atoms with E-state index in [0.29, 0.717) is 17.2 Å². The summed E-state index contributed by atoms with van der Waals surface area (Å²) in [6.07, 6.45) is 3.18. The molecule has 0 amide bonds. The fraction of sp³-hybridized carbons (Fsp3) is 0.200. The minimum atomic E-state index is -1.06. The quantitative estimate of drug-likeness (QED) is 0.585. The van der Waals surface area contributed by atoms with Crippen LogP contribution in [0, 0.1) is 6.92 Å². The Morgan fingerprint density at radius 1 is 1.00 bits per heavy atom. The third-order valence-corrected chi connectivity index (χ3v) is 4.75. The second kappa shape index (κ2) is 6.49. The minimum absolute atomic E-state index is 0.00880. The Kier molecular flexibility index (Phi) is 4.11. The van der Waals surface area contributed by atoms with Gasteiger partial charge in [0.25, 0.3) is 0 Å². The number of aromatic carboxylic acids is 1. The highest BCUT2D eigenvalue weighted by molar-refractivity contribution is 5.85. The van der Waals surface area contributed by atoms with Crippen molar-refractivity contribution in [1.82, 2.24) is 29.5 Å². The van der Waals surface area contributed by atoms with Crippen LogP contribution >= 0.6 is 0 Å². The largest absolute Gasteiger partial charge is 0.477 e. The second-order valence-electron chi connectivity index (χ2n) is 6.97. The number of carboxylic acids is 1. The van der Waals surface area contributed by atoms with Crippen LogP contribution in [0.25, 0.3) is 17.0 Å². The number of carboxylic acid groups (broad SMARTS) is 1. The van der Waals surface area contributed by atoms with Crippen LogP contribution in [0.2, 0.25) is 0 Å². The van der Waals surface area contributed by atoms with E-state index in [-0.39, 0.29) is 5.69 Å². The van der Waals surface area contributed by atoms with Crippen molar-refractivity contribution in [3.63, 3.8) is 0 Å². The maximum atomic E-state index is 11.3. The molecule has 0 aliphatic rings. The summed E-state index contributed by atoms with van der Waals surface area (Å²) >= 11 is 0.